The molecule has 0 radical (unpaired) electrons. The first-order chi connectivity index (χ1) is 20.9. The number of amides is 3. The number of hydrogen-bond donors (Lipinski definition) is 3. The minimum Gasteiger partial charge on any atom is -0.325 e. The molecule has 0 fully saturated rings. The first kappa shape index (κ1) is 32.3. The van der Waals surface area contributed by atoms with Crippen molar-refractivity contribution in [2.75, 3.05) is 10.6 Å². The van der Waals surface area contributed by atoms with Crippen molar-refractivity contribution in [3.05, 3.63) is 130 Å². The molecule has 4 aromatic carbocycles. The third-order valence-electron chi connectivity index (χ3n) is 6.05. The van der Waals surface area contributed by atoms with E-state index in [1.807, 2.05) is 0 Å². The number of anilines is 2. The molecule has 0 bridgehead atoms. The third kappa shape index (κ3) is 8.71. The van der Waals surface area contributed by atoms with Crippen LogP contribution in [0, 0.1) is 5.82 Å². The number of alkyl halides is 3. The molecule has 12 heteroatoms. The highest BCUT2D eigenvalue weighted by Crippen LogP contribution is 2.37. The number of hydrogen-bond acceptors (Lipinski definition) is 4. The number of rotatable bonds is 9. The average molecular weight is 642 g/mol. The van der Waals surface area contributed by atoms with Crippen LogP contribution in [0.3, 0.4) is 0 Å². The fourth-order valence-electron chi connectivity index (χ4n) is 3.89. The molecule has 4 aromatic rings. The van der Waals surface area contributed by atoms with E-state index in [-0.39, 0.29) is 27.5 Å². The first-order valence-electron chi connectivity index (χ1n) is 13.0. The van der Waals surface area contributed by atoms with Gasteiger partial charge < -0.3 is 16.0 Å². The van der Waals surface area contributed by atoms with Crippen LogP contribution in [0.2, 0.25) is 5.02 Å². The largest absolute Gasteiger partial charge is 0.418 e. The molecule has 0 spiro atoms. The Hall–Kier alpha value is -4.61. The lowest BCUT2D eigenvalue weighted by molar-refractivity contribution is -0.137. The molecule has 1 atom stereocenters. The second-order valence-electron chi connectivity index (χ2n) is 9.32. The molecular weight excluding hydrogens is 618 g/mol. The van der Waals surface area contributed by atoms with E-state index < -0.39 is 46.2 Å². The maximum atomic E-state index is 14.4. The maximum Gasteiger partial charge on any atom is 0.418 e. The molecule has 1 unspecified atom stereocenters. The van der Waals surface area contributed by atoms with Crippen LogP contribution in [0.5, 0.6) is 0 Å². The molecule has 44 heavy (non-hydrogen) atoms. The molecule has 6 nitrogen and oxygen atoms in total. The fourth-order valence-corrected chi connectivity index (χ4v) is 4.99. The van der Waals surface area contributed by atoms with E-state index in [1.165, 1.54) is 37.3 Å². The zero-order valence-electron chi connectivity index (χ0n) is 22.9. The quantitative estimate of drug-likeness (QED) is 0.0981. The normalized spacial score (nSPS) is 12.3. The number of nitrogens with one attached hydrogen (secondary N) is 3. The van der Waals surface area contributed by atoms with Gasteiger partial charge in [-0.1, -0.05) is 54.1 Å². The van der Waals surface area contributed by atoms with Crippen molar-refractivity contribution in [1.82, 2.24) is 5.32 Å². The molecule has 0 aromatic heterocycles. The highest BCUT2D eigenvalue weighted by molar-refractivity contribution is 8.00. The summed E-state index contributed by atoms with van der Waals surface area (Å²) in [6.45, 7) is 1.52. The Morgan fingerprint density at radius 3 is 2.27 bits per heavy atom. The lowest BCUT2D eigenvalue weighted by Gasteiger charge is -2.17. The van der Waals surface area contributed by atoms with E-state index in [9.17, 15) is 31.9 Å². The van der Waals surface area contributed by atoms with Gasteiger partial charge in [0.1, 0.15) is 11.5 Å². The minimum atomic E-state index is -4.73. The van der Waals surface area contributed by atoms with Gasteiger partial charge in [0.25, 0.3) is 11.8 Å². The summed E-state index contributed by atoms with van der Waals surface area (Å²) in [5.74, 6) is -2.61. The highest BCUT2D eigenvalue weighted by Gasteiger charge is 2.34. The summed E-state index contributed by atoms with van der Waals surface area (Å²) in [4.78, 5) is 39.4. The summed E-state index contributed by atoms with van der Waals surface area (Å²) < 4.78 is 54.7. The summed E-state index contributed by atoms with van der Waals surface area (Å²) in [7, 11) is 0. The summed E-state index contributed by atoms with van der Waals surface area (Å²) >= 11 is 6.76. The molecular formula is C32H24ClF4N3O3S. The van der Waals surface area contributed by atoms with Crippen molar-refractivity contribution in [2.24, 2.45) is 0 Å². The maximum absolute atomic E-state index is 14.4. The zero-order chi connectivity index (χ0) is 31.9. The lowest BCUT2D eigenvalue weighted by Crippen LogP contribution is -2.30. The van der Waals surface area contributed by atoms with Gasteiger partial charge in [0.05, 0.1) is 16.5 Å². The molecule has 0 aliphatic rings. The Bertz CT molecular complexity index is 1710. The zero-order valence-corrected chi connectivity index (χ0v) is 24.5. The van der Waals surface area contributed by atoms with Crippen LogP contribution in [0.4, 0.5) is 28.9 Å². The van der Waals surface area contributed by atoms with Crippen LogP contribution in [0.15, 0.2) is 108 Å². The van der Waals surface area contributed by atoms with E-state index in [0.29, 0.717) is 4.90 Å². The van der Waals surface area contributed by atoms with Gasteiger partial charge in [-0.3, -0.25) is 14.4 Å². The van der Waals surface area contributed by atoms with Gasteiger partial charge in [-0.25, -0.2) is 4.39 Å². The fraction of sp³-hybridized carbons (Fsp3) is 0.0938. The summed E-state index contributed by atoms with van der Waals surface area (Å²) in [5.41, 5.74) is -1.07. The predicted molar refractivity (Wildman–Crippen MR) is 164 cm³/mol. The van der Waals surface area contributed by atoms with E-state index in [0.717, 1.165) is 23.9 Å². The highest BCUT2D eigenvalue weighted by atomic mass is 35.5. The van der Waals surface area contributed by atoms with E-state index in [1.54, 1.807) is 60.7 Å². The van der Waals surface area contributed by atoms with Crippen LogP contribution >= 0.6 is 23.4 Å². The van der Waals surface area contributed by atoms with Crippen LogP contribution in [0.25, 0.3) is 6.08 Å². The Morgan fingerprint density at radius 2 is 1.57 bits per heavy atom. The van der Waals surface area contributed by atoms with Gasteiger partial charge in [0.15, 0.2) is 0 Å². The molecule has 0 saturated carbocycles. The Kier molecular flexibility index (Phi) is 10.5. The molecule has 4 rings (SSSR count). The molecule has 3 amide bonds. The van der Waals surface area contributed by atoms with Crippen molar-refractivity contribution in [2.45, 2.75) is 23.2 Å². The van der Waals surface area contributed by atoms with Crippen molar-refractivity contribution in [3.63, 3.8) is 0 Å². The number of carbonyl (C=O) groups is 3. The second kappa shape index (κ2) is 14.2. The molecule has 3 N–H and O–H groups in total. The van der Waals surface area contributed by atoms with Crippen LogP contribution in [-0.2, 0) is 15.8 Å². The molecule has 226 valence electrons. The van der Waals surface area contributed by atoms with Gasteiger partial charge in [-0.05, 0) is 67.6 Å². The number of benzene rings is 4. The van der Waals surface area contributed by atoms with Crippen LogP contribution < -0.4 is 16.0 Å². The van der Waals surface area contributed by atoms with Gasteiger partial charge in [0.2, 0.25) is 5.91 Å². The smallest absolute Gasteiger partial charge is 0.325 e. The molecule has 0 saturated heterocycles. The summed E-state index contributed by atoms with van der Waals surface area (Å²) in [6.07, 6.45) is -3.51. The number of thioether (sulfide) groups is 1. The van der Waals surface area contributed by atoms with Crippen molar-refractivity contribution >= 4 is 58.5 Å². The van der Waals surface area contributed by atoms with Crippen LogP contribution in [-0.4, -0.2) is 23.0 Å². The van der Waals surface area contributed by atoms with Crippen molar-refractivity contribution in [1.29, 1.82) is 0 Å². The second-order valence-corrected chi connectivity index (χ2v) is 11.2. The Labute approximate surface area is 259 Å². The standard InChI is InChI=1S/C32H24ClF4N3O3S/c1-19(29(41)39-27-15-14-22(33)17-25(27)32(35,36)37)44-24-12-7-11-23(18-24)38-31(43)28(16-21-10-5-6-13-26(21)34)40-30(42)20-8-3-2-4-9-20/h2-19H,1H3,(H,38,43)(H,39,41)(H,40,42)/b28-16-. The molecule has 0 aliphatic heterocycles. The predicted octanol–water partition coefficient (Wildman–Crippen LogP) is 8.03. The first-order valence-corrected chi connectivity index (χ1v) is 14.2. The van der Waals surface area contributed by atoms with Crippen LogP contribution in [0.1, 0.15) is 28.4 Å². The topological polar surface area (TPSA) is 87.3 Å². The van der Waals surface area contributed by atoms with Gasteiger partial charge in [-0.2, -0.15) is 13.2 Å². The Balaban J connectivity index is 1.49. The Morgan fingerprint density at radius 1 is 0.864 bits per heavy atom. The molecule has 0 heterocycles. The average Bonchev–Trinajstić information content (AvgIpc) is 2.98. The van der Waals surface area contributed by atoms with E-state index >= 15 is 0 Å². The third-order valence-corrected chi connectivity index (χ3v) is 7.38. The SMILES string of the molecule is CC(Sc1cccc(NC(=O)/C(=C/c2ccccc2F)NC(=O)c2ccccc2)c1)C(=O)Nc1ccc(Cl)cc1C(F)(F)F. The number of carbonyl (C=O) groups excluding carboxylic acids is 3. The number of halogens is 5. The minimum absolute atomic E-state index is 0.0736. The summed E-state index contributed by atoms with van der Waals surface area (Å²) in [6, 6.07) is 23.3. The van der Waals surface area contributed by atoms with Crippen molar-refractivity contribution < 1.29 is 31.9 Å². The van der Waals surface area contributed by atoms with E-state index in [4.69, 9.17) is 11.6 Å². The van der Waals surface area contributed by atoms with E-state index in [2.05, 4.69) is 16.0 Å². The van der Waals surface area contributed by atoms with Crippen molar-refractivity contribution in [3.8, 4) is 0 Å². The van der Waals surface area contributed by atoms with Gasteiger partial charge in [-0.15, -0.1) is 11.8 Å². The lowest BCUT2D eigenvalue weighted by atomic mass is 10.1. The molecule has 0 aliphatic carbocycles. The van der Waals surface area contributed by atoms with Gasteiger partial charge in [0, 0.05) is 26.7 Å². The monoisotopic (exact) mass is 641 g/mol. The van der Waals surface area contributed by atoms with Gasteiger partial charge >= 0.3 is 6.18 Å². The summed E-state index contributed by atoms with van der Waals surface area (Å²) in [5, 5.41) is 6.53.